The molecule has 1 unspecified atom stereocenters. The Morgan fingerprint density at radius 3 is 1.72 bits per heavy atom. The van der Waals surface area contributed by atoms with E-state index in [4.69, 9.17) is 0 Å². The molecule has 2 aliphatic carbocycles. The Bertz CT molecular complexity index is 2460. The smallest absolute Gasteiger partial charge is 0.251 e. The molecule has 15 nitrogen and oxygen atoms in total. The van der Waals surface area contributed by atoms with Crippen molar-refractivity contribution < 1.29 is 38.4 Å². The monoisotopic (exact) mass is 1040 g/mol. The number of benzene rings is 3. The number of aryl methyl sites for hydroxylation is 2. The van der Waals surface area contributed by atoms with Crippen LogP contribution in [0.4, 0.5) is 0 Å². The number of carbonyl (C=O) groups excluding carboxylic acids is 8. The molecule has 7 rings (SSSR count). The molecule has 0 radical (unpaired) electrons. The lowest BCUT2D eigenvalue weighted by Crippen LogP contribution is -2.58. The summed E-state index contributed by atoms with van der Waals surface area (Å²) in [5, 5.41) is 15.3. The highest BCUT2D eigenvalue weighted by Crippen LogP contribution is 2.38. The highest BCUT2D eigenvalue weighted by atomic mass is 16.2. The number of hydrogen-bond donors (Lipinski definition) is 5. The largest absolute Gasteiger partial charge is 0.347 e. The van der Waals surface area contributed by atoms with Crippen molar-refractivity contribution in [2.45, 2.75) is 181 Å². The van der Waals surface area contributed by atoms with Crippen LogP contribution >= 0.6 is 0 Å². The first-order valence-electron chi connectivity index (χ1n) is 27.8. The number of nitrogens with zero attached hydrogens (tertiary/aromatic N) is 2. The van der Waals surface area contributed by atoms with Crippen LogP contribution in [-0.4, -0.2) is 113 Å². The average molecular weight is 1040 g/mol. The van der Waals surface area contributed by atoms with Gasteiger partial charge in [0.25, 0.3) is 11.8 Å². The van der Waals surface area contributed by atoms with Crippen molar-refractivity contribution in [3.8, 4) is 0 Å². The lowest BCUT2D eigenvalue weighted by molar-refractivity contribution is -0.146. The number of amides is 6. The third kappa shape index (κ3) is 13.5. The molecule has 0 aromatic heterocycles. The molecule has 10 atom stereocenters. The topological polar surface area (TPSA) is 203 Å². The van der Waals surface area contributed by atoms with Crippen molar-refractivity contribution >= 4 is 47.0 Å². The summed E-state index contributed by atoms with van der Waals surface area (Å²) in [6.07, 6.45) is 6.59. The van der Waals surface area contributed by atoms with Crippen LogP contribution in [-0.2, 0) is 41.6 Å². The van der Waals surface area contributed by atoms with E-state index < -0.39 is 70.7 Å². The number of fused-ring (bicyclic) bond motifs is 2. The summed E-state index contributed by atoms with van der Waals surface area (Å²) in [6, 6.07) is 17.9. The van der Waals surface area contributed by atoms with Crippen LogP contribution in [0.25, 0.3) is 0 Å². The molecule has 5 N–H and O–H groups in total. The van der Waals surface area contributed by atoms with E-state index in [0.717, 1.165) is 44.1 Å². The summed E-state index contributed by atoms with van der Waals surface area (Å²) in [4.78, 5) is 116. The molecule has 4 aliphatic rings. The van der Waals surface area contributed by atoms with Gasteiger partial charge in [0, 0.05) is 61.0 Å². The second-order valence-electron chi connectivity index (χ2n) is 24.2. The van der Waals surface area contributed by atoms with Crippen LogP contribution < -0.4 is 26.6 Å². The van der Waals surface area contributed by atoms with Gasteiger partial charge >= 0.3 is 0 Å². The minimum Gasteiger partial charge on any atom is -0.347 e. The van der Waals surface area contributed by atoms with Gasteiger partial charge in [0.2, 0.25) is 23.6 Å². The lowest BCUT2D eigenvalue weighted by Gasteiger charge is -2.36. The standard InChI is InChI=1S/C61H83N7O8/c1-11-36(2)54(71)66-53(61(7,8)9)59(76)68-35-44(32-50(68)57(74)65-48-25-17-21-39-19-13-15-24-46(39)48)64-56(73)41-28-26-40(27-29-41)55(72)63-43-31-49(52(70)30-42-22-16-20-38-18-12-14-23-45(38)42)67(34-43)58(75)47(60(4,5)6)33-51(69)37(3)62-10/h12-15,18-19,23-24,26-29,36-37,42-44,47-50,53,62H,11,16-17,20-22,25,30-35H2,1-10H3,(H,63,72)(H,64,73)(H,65,74)(H,66,71)/t36-,37+,42+,43?,44+,47-,48-,49+,50+,53-/m1/s1. The molecular formula is C61H83N7O8. The zero-order chi connectivity index (χ0) is 55.2. The molecule has 6 amide bonds. The second-order valence-corrected chi connectivity index (χ2v) is 24.2. The van der Waals surface area contributed by atoms with Crippen LogP contribution in [0.3, 0.4) is 0 Å². The molecule has 0 saturated carbocycles. The molecule has 15 heteroatoms. The maximum atomic E-state index is 14.7. The van der Waals surface area contributed by atoms with Gasteiger partial charge in [-0.15, -0.1) is 0 Å². The summed E-state index contributed by atoms with van der Waals surface area (Å²) >= 11 is 0. The zero-order valence-corrected chi connectivity index (χ0v) is 46.6. The quantitative estimate of drug-likeness (QED) is 0.0876. The molecular weight excluding hydrogens is 959 g/mol. The van der Waals surface area contributed by atoms with Crippen LogP contribution in [0.15, 0.2) is 72.8 Å². The minimum atomic E-state index is -0.935. The predicted molar refractivity (Wildman–Crippen MR) is 293 cm³/mol. The van der Waals surface area contributed by atoms with Gasteiger partial charge in [-0.05, 0) is 135 Å². The Morgan fingerprint density at radius 2 is 1.17 bits per heavy atom. The van der Waals surface area contributed by atoms with Crippen molar-refractivity contribution in [3.63, 3.8) is 0 Å². The Balaban J connectivity index is 1.06. The van der Waals surface area contributed by atoms with Gasteiger partial charge in [0.05, 0.1) is 18.1 Å². The Kier molecular flexibility index (Phi) is 18.5. The van der Waals surface area contributed by atoms with E-state index in [1.165, 1.54) is 21.6 Å². The number of ketones is 2. The van der Waals surface area contributed by atoms with Gasteiger partial charge in [-0.3, -0.25) is 38.4 Å². The number of rotatable bonds is 18. The van der Waals surface area contributed by atoms with E-state index >= 15 is 0 Å². The predicted octanol–water partition coefficient (Wildman–Crippen LogP) is 7.16. The Hall–Kier alpha value is -6.22. The maximum absolute atomic E-state index is 14.7. The third-order valence-electron chi connectivity index (χ3n) is 16.7. The highest BCUT2D eigenvalue weighted by Gasteiger charge is 2.48. The fraction of sp³-hybridized carbons (Fsp3) is 0.574. The number of hydrogen-bond acceptors (Lipinski definition) is 9. The first-order chi connectivity index (χ1) is 36.0. The van der Waals surface area contributed by atoms with Gasteiger partial charge in [-0.25, -0.2) is 0 Å². The molecule has 2 heterocycles. The summed E-state index contributed by atoms with van der Waals surface area (Å²) in [5.74, 6) is -3.31. The lowest BCUT2D eigenvalue weighted by atomic mass is 9.76. The first kappa shape index (κ1) is 57.5. The molecule has 0 spiro atoms. The SMILES string of the molecule is CC[C@@H](C)C(=O)N[C@H](C(=O)N1C[C@@H](NC(=O)c2ccc(C(=O)NC3C[C@@H](C(=O)C[C@@H]4CCCc5ccccc54)N(C(=O)[C@@H](CC(=O)[C@H](C)NC)C(C)(C)C)C3)cc2)C[C@H]1C(=O)N[C@@H]1CCCc2ccccc21)C(C)(C)C. The highest BCUT2D eigenvalue weighted by molar-refractivity contribution is 5.99. The molecule has 3 aromatic rings. The van der Waals surface area contributed by atoms with Crippen LogP contribution in [0.2, 0.25) is 0 Å². The Labute approximate surface area is 450 Å². The van der Waals surface area contributed by atoms with Crippen LogP contribution in [0, 0.1) is 22.7 Å². The average Bonchev–Trinajstić information content (AvgIpc) is 4.03. The van der Waals surface area contributed by atoms with E-state index in [-0.39, 0.29) is 97.1 Å². The molecule has 2 saturated heterocycles. The van der Waals surface area contributed by atoms with Crippen molar-refractivity contribution in [2.75, 3.05) is 20.1 Å². The first-order valence-corrected chi connectivity index (χ1v) is 27.8. The van der Waals surface area contributed by atoms with Crippen molar-refractivity contribution in [3.05, 3.63) is 106 Å². The minimum absolute atomic E-state index is 0.00738. The third-order valence-corrected chi connectivity index (χ3v) is 16.7. The van der Waals surface area contributed by atoms with Crippen molar-refractivity contribution in [1.29, 1.82) is 0 Å². The molecule has 410 valence electrons. The van der Waals surface area contributed by atoms with E-state index in [2.05, 4.69) is 44.8 Å². The van der Waals surface area contributed by atoms with Crippen LogP contribution in [0.5, 0.6) is 0 Å². The zero-order valence-electron chi connectivity index (χ0n) is 46.6. The van der Waals surface area contributed by atoms with Gasteiger partial charge in [-0.2, -0.15) is 0 Å². The summed E-state index contributed by atoms with van der Waals surface area (Å²) in [6.45, 7) is 17.0. The van der Waals surface area contributed by atoms with E-state index in [0.29, 0.717) is 6.42 Å². The fourth-order valence-corrected chi connectivity index (χ4v) is 11.6. The van der Waals surface area contributed by atoms with Crippen LogP contribution in [0.1, 0.15) is 175 Å². The summed E-state index contributed by atoms with van der Waals surface area (Å²) in [5.41, 5.74) is 3.88. The summed E-state index contributed by atoms with van der Waals surface area (Å²) < 4.78 is 0. The molecule has 2 aliphatic heterocycles. The number of nitrogens with one attached hydrogen (secondary N) is 5. The number of likely N-dealkylation sites (tertiary alicyclic amines) is 2. The molecule has 76 heavy (non-hydrogen) atoms. The van der Waals surface area contributed by atoms with E-state index in [1.54, 1.807) is 43.1 Å². The van der Waals surface area contributed by atoms with E-state index in [9.17, 15) is 38.4 Å². The summed E-state index contributed by atoms with van der Waals surface area (Å²) in [7, 11) is 1.71. The van der Waals surface area contributed by atoms with Gasteiger partial charge in [0.15, 0.2) is 5.78 Å². The van der Waals surface area contributed by atoms with Gasteiger partial charge in [-0.1, -0.05) is 104 Å². The van der Waals surface area contributed by atoms with Gasteiger partial charge < -0.3 is 36.4 Å². The number of carbonyl (C=O) groups is 8. The van der Waals surface area contributed by atoms with Crippen molar-refractivity contribution in [2.24, 2.45) is 22.7 Å². The molecule has 0 bridgehead atoms. The number of likely N-dealkylation sites (N-methyl/N-ethyl adjacent to an activating group) is 1. The number of Topliss-reactive ketones (excluding diaryl/α,β-unsaturated/α-hetero) is 2. The van der Waals surface area contributed by atoms with Crippen molar-refractivity contribution in [1.82, 2.24) is 36.4 Å². The Morgan fingerprint density at radius 1 is 0.645 bits per heavy atom. The van der Waals surface area contributed by atoms with Gasteiger partial charge in [0.1, 0.15) is 17.9 Å². The van der Waals surface area contributed by atoms with E-state index in [1.807, 2.05) is 85.7 Å². The second kappa shape index (κ2) is 24.4. The maximum Gasteiger partial charge on any atom is 0.251 e. The molecule has 3 aromatic carbocycles. The normalized spacial score (nSPS) is 23.0. The molecule has 2 fully saturated rings. The fourth-order valence-electron chi connectivity index (χ4n) is 11.6.